The zero-order valence-corrected chi connectivity index (χ0v) is 16.7. The average Bonchev–Trinajstić information content (AvgIpc) is 2.73. The van der Waals surface area contributed by atoms with Crippen molar-refractivity contribution < 1.29 is 24.4 Å². The number of hydrogen-bond acceptors (Lipinski definition) is 5. The van der Waals surface area contributed by atoms with Crippen molar-refractivity contribution in [2.75, 3.05) is 33.0 Å². The highest BCUT2D eigenvalue weighted by Crippen LogP contribution is 2.31. The molecule has 2 aromatic carbocycles. The molecule has 0 unspecified atom stereocenters. The predicted molar refractivity (Wildman–Crippen MR) is 108 cm³/mol. The standard InChI is InChI=1S/C23H30O5/c1-22(2)27-16-23(14-25,17-28-22)15-26-21-11-9-20(10-12-21)19-7-5-18(6-8-19)4-3-13-24/h5-12,24-25H,3-4,13-17H2,1-2H3. The van der Waals surface area contributed by atoms with Crippen molar-refractivity contribution >= 4 is 0 Å². The Balaban J connectivity index is 1.58. The summed E-state index contributed by atoms with van der Waals surface area (Å²) in [5, 5.41) is 18.7. The SMILES string of the molecule is CC1(C)OCC(CO)(COc2ccc(-c3ccc(CCCO)cc3)cc2)CO1. The average molecular weight is 386 g/mol. The Labute approximate surface area is 166 Å². The highest BCUT2D eigenvalue weighted by Gasteiger charge is 2.40. The van der Waals surface area contributed by atoms with Crippen LogP contribution in [0.15, 0.2) is 48.5 Å². The van der Waals surface area contributed by atoms with E-state index in [2.05, 4.69) is 24.3 Å². The summed E-state index contributed by atoms with van der Waals surface area (Å²) in [5.74, 6) is 0.134. The largest absolute Gasteiger partial charge is 0.493 e. The monoisotopic (exact) mass is 386 g/mol. The van der Waals surface area contributed by atoms with Crippen molar-refractivity contribution in [3.05, 3.63) is 54.1 Å². The van der Waals surface area contributed by atoms with E-state index in [0.29, 0.717) is 19.8 Å². The molecule has 0 atom stereocenters. The van der Waals surface area contributed by atoms with Gasteiger partial charge in [-0.15, -0.1) is 0 Å². The summed E-state index contributed by atoms with van der Waals surface area (Å²) >= 11 is 0. The summed E-state index contributed by atoms with van der Waals surface area (Å²) in [6.07, 6.45) is 1.68. The van der Waals surface area contributed by atoms with Gasteiger partial charge in [0.05, 0.1) is 25.2 Å². The lowest BCUT2D eigenvalue weighted by Gasteiger charge is -2.42. The predicted octanol–water partition coefficient (Wildman–Crippen LogP) is 3.42. The molecule has 152 valence electrons. The Hall–Kier alpha value is -1.92. The lowest BCUT2D eigenvalue weighted by atomic mass is 9.91. The summed E-state index contributed by atoms with van der Waals surface area (Å²) in [4.78, 5) is 0. The molecule has 1 aliphatic heterocycles. The van der Waals surface area contributed by atoms with Gasteiger partial charge >= 0.3 is 0 Å². The van der Waals surface area contributed by atoms with Crippen molar-refractivity contribution in [3.63, 3.8) is 0 Å². The topological polar surface area (TPSA) is 68.2 Å². The normalized spacial score (nSPS) is 18.0. The lowest BCUT2D eigenvalue weighted by Crippen LogP contribution is -2.51. The molecule has 0 bridgehead atoms. The molecule has 1 saturated heterocycles. The number of rotatable bonds is 8. The van der Waals surface area contributed by atoms with Crippen LogP contribution in [-0.2, 0) is 15.9 Å². The van der Waals surface area contributed by atoms with Gasteiger partial charge in [0.2, 0.25) is 0 Å². The number of ether oxygens (including phenoxy) is 3. The Morgan fingerprint density at radius 2 is 1.46 bits per heavy atom. The van der Waals surface area contributed by atoms with Gasteiger partial charge in [-0.05, 0) is 55.5 Å². The highest BCUT2D eigenvalue weighted by atomic mass is 16.7. The van der Waals surface area contributed by atoms with E-state index in [-0.39, 0.29) is 13.2 Å². The van der Waals surface area contributed by atoms with Gasteiger partial charge in [-0.3, -0.25) is 0 Å². The molecule has 2 N–H and O–H groups in total. The fourth-order valence-electron chi connectivity index (χ4n) is 3.08. The minimum Gasteiger partial charge on any atom is -0.493 e. The fourth-order valence-corrected chi connectivity index (χ4v) is 3.08. The Bertz CT molecular complexity index is 727. The molecule has 5 nitrogen and oxygen atoms in total. The molecule has 1 fully saturated rings. The van der Waals surface area contributed by atoms with Crippen LogP contribution in [-0.4, -0.2) is 49.0 Å². The smallest absolute Gasteiger partial charge is 0.162 e. The second-order valence-electron chi connectivity index (χ2n) is 7.97. The molecule has 0 aromatic heterocycles. The molecule has 0 radical (unpaired) electrons. The first-order chi connectivity index (χ1) is 13.5. The Morgan fingerprint density at radius 1 is 0.893 bits per heavy atom. The quantitative estimate of drug-likeness (QED) is 0.728. The maximum Gasteiger partial charge on any atom is 0.162 e. The van der Waals surface area contributed by atoms with Crippen molar-refractivity contribution in [1.82, 2.24) is 0 Å². The van der Waals surface area contributed by atoms with Crippen molar-refractivity contribution in [1.29, 1.82) is 0 Å². The van der Waals surface area contributed by atoms with E-state index >= 15 is 0 Å². The maximum absolute atomic E-state index is 9.81. The van der Waals surface area contributed by atoms with Crippen LogP contribution in [0, 0.1) is 5.41 Å². The minimum atomic E-state index is -0.617. The Kier molecular flexibility index (Phi) is 6.73. The second-order valence-corrected chi connectivity index (χ2v) is 7.97. The van der Waals surface area contributed by atoms with Crippen LogP contribution in [0.4, 0.5) is 0 Å². The van der Waals surface area contributed by atoms with Crippen molar-refractivity contribution in [3.8, 4) is 16.9 Å². The third-order valence-electron chi connectivity index (χ3n) is 5.10. The zero-order chi connectivity index (χ0) is 20.0. The van der Waals surface area contributed by atoms with E-state index in [1.165, 1.54) is 5.56 Å². The van der Waals surface area contributed by atoms with Gasteiger partial charge in [-0.2, -0.15) is 0 Å². The fraction of sp³-hybridized carbons (Fsp3) is 0.478. The van der Waals surface area contributed by atoms with Crippen LogP contribution in [0.5, 0.6) is 5.75 Å². The van der Waals surface area contributed by atoms with Gasteiger partial charge in [0.15, 0.2) is 5.79 Å². The first kappa shape index (κ1) is 20.8. The third kappa shape index (κ3) is 5.32. The summed E-state index contributed by atoms with van der Waals surface area (Å²) in [5.41, 5.74) is 2.94. The van der Waals surface area contributed by atoms with Crippen LogP contribution < -0.4 is 4.74 Å². The maximum atomic E-state index is 9.81. The van der Waals surface area contributed by atoms with E-state index in [1.54, 1.807) is 0 Å². The minimum absolute atomic E-state index is 0.0518. The first-order valence-electron chi connectivity index (χ1n) is 9.77. The second kappa shape index (κ2) is 9.05. The van der Waals surface area contributed by atoms with Crippen LogP contribution in [0.2, 0.25) is 0 Å². The molecule has 0 amide bonds. The van der Waals surface area contributed by atoms with Gasteiger partial charge in [0.1, 0.15) is 12.4 Å². The summed E-state index contributed by atoms with van der Waals surface area (Å²) in [6, 6.07) is 16.3. The van der Waals surface area contributed by atoms with Crippen LogP contribution in [0.3, 0.4) is 0 Å². The molecule has 0 aliphatic carbocycles. The number of hydrogen-bond donors (Lipinski definition) is 2. The van der Waals surface area contributed by atoms with E-state index in [9.17, 15) is 5.11 Å². The van der Waals surface area contributed by atoms with Gasteiger partial charge < -0.3 is 24.4 Å². The van der Waals surface area contributed by atoms with E-state index < -0.39 is 11.2 Å². The molecule has 28 heavy (non-hydrogen) atoms. The third-order valence-corrected chi connectivity index (χ3v) is 5.10. The van der Waals surface area contributed by atoms with Gasteiger partial charge in [-0.1, -0.05) is 36.4 Å². The number of aryl methyl sites for hydroxylation is 1. The van der Waals surface area contributed by atoms with E-state index in [1.807, 2.05) is 38.1 Å². The molecule has 3 rings (SSSR count). The molecule has 1 heterocycles. The van der Waals surface area contributed by atoms with Crippen molar-refractivity contribution in [2.45, 2.75) is 32.5 Å². The Morgan fingerprint density at radius 3 is 2.00 bits per heavy atom. The van der Waals surface area contributed by atoms with Crippen LogP contribution in [0.1, 0.15) is 25.8 Å². The highest BCUT2D eigenvalue weighted by molar-refractivity contribution is 5.64. The van der Waals surface area contributed by atoms with Crippen molar-refractivity contribution in [2.24, 2.45) is 5.41 Å². The van der Waals surface area contributed by atoms with E-state index in [0.717, 1.165) is 29.7 Å². The molecule has 0 spiro atoms. The molecule has 2 aromatic rings. The lowest BCUT2D eigenvalue weighted by molar-refractivity contribution is -0.293. The van der Waals surface area contributed by atoms with Gasteiger partial charge in [0.25, 0.3) is 0 Å². The van der Waals surface area contributed by atoms with Crippen LogP contribution >= 0.6 is 0 Å². The first-order valence-corrected chi connectivity index (χ1v) is 9.77. The summed E-state index contributed by atoms with van der Waals surface area (Å²) in [7, 11) is 0. The zero-order valence-electron chi connectivity index (χ0n) is 16.7. The molecular weight excluding hydrogens is 356 g/mol. The van der Waals surface area contributed by atoms with Gasteiger partial charge in [-0.25, -0.2) is 0 Å². The number of benzene rings is 2. The number of aliphatic hydroxyl groups is 2. The van der Waals surface area contributed by atoms with E-state index in [4.69, 9.17) is 19.3 Å². The number of aliphatic hydroxyl groups excluding tert-OH is 2. The van der Waals surface area contributed by atoms with Gasteiger partial charge in [0, 0.05) is 6.61 Å². The van der Waals surface area contributed by atoms with Crippen LogP contribution in [0.25, 0.3) is 11.1 Å². The summed E-state index contributed by atoms with van der Waals surface area (Å²) < 4.78 is 17.3. The summed E-state index contributed by atoms with van der Waals surface area (Å²) in [6.45, 7) is 5.04. The molecule has 1 aliphatic rings. The molecular formula is C23H30O5. The molecule has 5 heteroatoms. The molecule has 0 saturated carbocycles.